The average Bonchev–Trinajstić information content (AvgIpc) is 3.32. The summed E-state index contributed by atoms with van der Waals surface area (Å²) in [6.45, 7) is 2.78. The number of aliphatic hydroxyl groups is 1. The van der Waals surface area contributed by atoms with Crippen molar-refractivity contribution in [1.82, 2.24) is 5.32 Å². The van der Waals surface area contributed by atoms with Crippen LogP contribution in [0.5, 0.6) is 0 Å². The lowest BCUT2D eigenvalue weighted by molar-refractivity contribution is -0.142. The summed E-state index contributed by atoms with van der Waals surface area (Å²) in [5.74, 6) is -0.931. The number of alkyl halides is 1. The Balaban J connectivity index is 1.64. The van der Waals surface area contributed by atoms with Crippen molar-refractivity contribution in [3.05, 3.63) is 0 Å². The zero-order valence-electron chi connectivity index (χ0n) is 11.7. The predicted octanol–water partition coefficient (Wildman–Crippen LogP) is 0.319. The number of carbonyl (C=O) groups is 2. The molecular formula is C13H18ClNO6. The highest BCUT2D eigenvalue weighted by Gasteiger charge is 2.74. The lowest BCUT2D eigenvalue weighted by Gasteiger charge is -2.43. The molecule has 0 aromatic heterocycles. The highest BCUT2D eigenvalue weighted by molar-refractivity contribution is 6.28. The maximum Gasteiger partial charge on any atom is 0.414 e. The van der Waals surface area contributed by atoms with E-state index < -0.39 is 34.9 Å². The van der Waals surface area contributed by atoms with E-state index >= 15 is 0 Å². The average molecular weight is 320 g/mol. The minimum absolute atomic E-state index is 0.228. The summed E-state index contributed by atoms with van der Waals surface area (Å²) < 4.78 is 16.1. The van der Waals surface area contributed by atoms with E-state index in [9.17, 15) is 14.7 Å². The monoisotopic (exact) mass is 319 g/mol. The van der Waals surface area contributed by atoms with E-state index in [0.29, 0.717) is 26.1 Å². The van der Waals surface area contributed by atoms with Gasteiger partial charge in [-0.05, 0) is 19.8 Å². The van der Waals surface area contributed by atoms with Crippen LogP contribution in [0.15, 0.2) is 0 Å². The molecule has 2 N–H and O–H groups in total. The molecular weight excluding hydrogens is 302 g/mol. The number of halogens is 1. The molecule has 0 aromatic rings. The third-order valence-corrected chi connectivity index (χ3v) is 4.97. The lowest BCUT2D eigenvalue weighted by atomic mass is 9.67. The predicted molar refractivity (Wildman–Crippen MR) is 71.0 cm³/mol. The molecule has 2 heterocycles. The van der Waals surface area contributed by atoms with E-state index in [4.69, 9.17) is 25.8 Å². The molecule has 0 radical (unpaired) electrons. The third kappa shape index (κ3) is 2.42. The molecule has 3 aliphatic rings. The van der Waals surface area contributed by atoms with E-state index in [2.05, 4.69) is 0 Å². The van der Waals surface area contributed by atoms with Crippen LogP contribution in [0.2, 0.25) is 0 Å². The fourth-order valence-electron chi connectivity index (χ4n) is 3.16. The number of hydrogen-bond donors (Lipinski definition) is 2. The second-order valence-electron chi connectivity index (χ2n) is 6.11. The molecule has 3 fully saturated rings. The topological polar surface area (TPSA) is 101 Å². The van der Waals surface area contributed by atoms with Crippen LogP contribution in [0, 0.1) is 0 Å². The van der Waals surface area contributed by atoms with E-state index in [1.807, 2.05) is 12.2 Å². The zero-order chi connectivity index (χ0) is 15.3. The van der Waals surface area contributed by atoms with Crippen molar-refractivity contribution in [3.8, 4) is 0 Å². The van der Waals surface area contributed by atoms with Crippen molar-refractivity contribution in [3.63, 3.8) is 0 Å². The SMILES string of the molecule is CC1(C2(O)CC(OC(=O)NC(=O)CCl)CCC23CO3)CO1. The summed E-state index contributed by atoms with van der Waals surface area (Å²) in [6, 6.07) is 0. The van der Waals surface area contributed by atoms with Crippen LogP contribution in [0.3, 0.4) is 0 Å². The third-order valence-electron chi connectivity index (χ3n) is 4.73. The number of epoxide rings is 2. The first kappa shape index (κ1) is 15.0. The maximum absolute atomic E-state index is 11.6. The lowest BCUT2D eigenvalue weighted by Crippen LogP contribution is -2.61. The zero-order valence-corrected chi connectivity index (χ0v) is 12.4. The minimum atomic E-state index is -1.18. The van der Waals surface area contributed by atoms with Crippen LogP contribution in [0.25, 0.3) is 0 Å². The summed E-state index contributed by atoms with van der Waals surface area (Å²) in [6.07, 6.45) is 0.0491. The van der Waals surface area contributed by atoms with Crippen molar-refractivity contribution in [2.75, 3.05) is 19.1 Å². The first-order valence-corrected chi connectivity index (χ1v) is 7.44. The molecule has 7 nitrogen and oxygen atoms in total. The highest BCUT2D eigenvalue weighted by atomic mass is 35.5. The molecule has 4 unspecified atom stereocenters. The molecule has 2 amide bonds. The van der Waals surface area contributed by atoms with Gasteiger partial charge in [0.2, 0.25) is 5.91 Å². The number of amides is 2. The van der Waals surface area contributed by atoms with E-state index in [1.165, 1.54) is 0 Å². The van der Waals surface area contributed by atoms with Crippen molar-refractivity contribution in [2.45, 2.75) is 49.1 Å². The van der Waals surface area contributed by atoms with Crippen LogP contribution in [0.4, 0.5) is 4.79 Å². The van der Waals surface area contributed by atoms with Gasteiger partial charge in [0.05, 0.1) is 13.2 Å². The number of imide groups is 1. The van der Waals surface area contributed by atoms with Gasteiger partial charge in [-0.25, -0.2) is 4.79 Å². The van der Waals surface area contributed by atoms with Crippen LogP contribution < -0.4 is 5.32 Å². The van der Waals surface area contributed by atoms with Gasteiger partial charge in [0.15, 0.2) is 0 Å². The molecule has 118 valence electrons. The second kappa shape index (κ2) is 4.81. The van der Waals surface area contributed by atoms with Crippen molar-refractivity contribution in [1.29, 1.82) is 0 Å². The van der Waals surface area contributed by atoms with Gasteiger partial charge in [-0.2, -0.15) is 0 Å². The quantitative estimate of drug-likeness (QED) is 0.574. The normalized spacial score (nSPS) is 44.2. The van der Waals surface area contributed by atoms with Gasteiger partial charge in [-0.15, -0.1) is 11.6 Å². The largest absolute Gasteiger partial charge is 0.446 e. The molecule has 4 atom stereocenters. The Bertz CT molecular complexity index is 475. The molecule has 0 bridgehead atoms. The number of hydrogen-bond acceptors (Lipinski definition) is 6. The van der Waals surface area contributed by atoms with Crippen molar-refractivity contribution in [2.24, 2.45) is 0 Å². The Morgan fingerprint density at radius 2 is 2.10 bits per heavy atom. The van der Waals surface area contributed by atoms with E-state index in [1.54, 1.807) is 0 Å². The van der Waals surface area contributed by atoms with Crippen LogP contribution in [-0.4, -0.2) is 59.1 Å². The fraction of sp³-hybridized carbons (Fsp3) is 0.846. The van der Waals surface area contributed by atoms with Crippen molar-refractivity contribution >= 4 is 23.6 Å². The van der Waals surface area contributed by atoms with Gasteiger partial charge in [-0.3, -0.25) is 10.1 Å². The Hall–Kier alpha value is -0.890. The molecule has 1 spiro atoms. The Morgan fingerprint density at radius 1 is 1.43 bits per heavy atom. The Morgan fingerprint density at radius 3 is 2.62 bits per heavy atom. The van der Waals surface area contributed by atoms with Crippen LogP contribution in [-0.2, 0) is 19.0 Å². The summed E-state index contributed by atoms with van der Waals surface area (Å²) in [5.41, 5.74) is -2.42. The minimum Gasteiger partial charge on any atom is -0.446 e. The summed E-state index contributed by atoms with van der Waals surface area (Å²) in [7, 11) is 0. The van der Waals surface area contributed by atoms with Gasteiger partial charge in [0.1, 0.15) is 28.8 Å². The second-order valence-corrected chi connectivity index (χ2v) is 6.38. The number of alkyl carbamates (subject to hydrolysis) is 1. The Kier molecular flexibility index (Phi) is 3.44. The maximum atomic E-state index is 11.6. The molecule has 3 rings (SSSR count). The smallest absolute Gasteiger partial charge is 0.414 e. The van der Waals surface area contributed by atoms with Gasteiger partial charge in [0.25, 0.3) is 0 Å². The van der Waals surface area contributed by atoms with Crippen molar-refractivity contribution < 1.29 is 28.9 Å². The first-order valence-electron chi connectivity index (χ1n) is 6.91. The van der Waals surface area contributed by atoms with E-state index in [-0.39, 0.29) is 12.3 Å². The van der Waals surface area contributed by atoms with Gasteiger partial charge >= 0.3 is 6.09 Å². The fourth-order valence-corrected chi connectivity index (χ4v) is 3.23. The first-order chi connectivity index (χ1) is 9.84. The van der Waals surface area contributed by atoms with Gasteiger partial charge in [0, 0.05) is 6.42 Å². The summed E-state index contributed by atoms with van der Waals surface area (Å²) >= 11 is 5.31. The van der Waals surface area contributed by atoms with Gasteiger partial charge < -0.3 is 19.3 Å². The molecule has 0 aromatic carbocycles. The summed E-state index contributed by atoms with van der Waals surface area (Å²) in [5, 5.41) is 13.0. The molecule has 8 heteroatoms. The summed E-state index contributed by atoms with van der Waals surface area (Å²) in [4.78, 5) is 22.6. The molecule has 1 aliphatic carbocycles. The molecule has 1 saturated carbocycles. The number of ether oxygens (including phenoxy) is 3. The Labute approximate surface area is 126 Å². The molecule has 21 heavy (non-hydrogen) atoms. The molecule has 2 saturated heterocycles. The van der Waals surface area contributed by atoms with Crippen LogP contribution in [0.1, 0.15) is 26.2 Å². The highest BCUT2D eigenvalue weighted by Crippen LogP contribution is 2.58. The van der Waals surface area contributed by atoms with Crippen LogP contribution >= 0.6 is 11.6 Å². The standard InChI is InChI=1S/C13H18ClNO6/c1-11(6-19-11)13(18)4-8(2-3-12(13)7-20-12)21-10(17)15-9(16)5-14/h8,18H,2-7H2,1H3,(H,15,16,17). The number of rotatable bonds is 3. The number of carbonyl (C=O) groups excluding carboxylic acids is 2. The van der Waals surface area contributed by atoms with E-state index in [0.717, 1.165) is 0 Å². The molecule has 2 aliphatic heterocycles. The van der Waals surface area contributed by atoms with Gasteiger partial charge in [-0.1, -0.05) is 0 Å². The number of nitrogens with one attached hydrogen (secondary N) is 1.